The van der Waals surface area contributed by atoms with E-state index in [2.05, 4.69) is 10.5 Å². The van der Waals surface area contributed by atoms with E-state index < -0.39 is 28.3 Å². The maximum atomic E-state index is 12.2. The van der Waals surface area contributed by atoms with Crippen molar-refractivity contribution in [2.45, 2.75) is 32.2 Å². The largest absolute Gasteiger partial charge is 0.451 e. The Morgan fingerprint density at radius 2 is 2.13 bits per heavy atom. The Morgan fingerprint density at radius 3 is 2.65 bits per heavy atom. The van der Waals surface area contributed by atoms with Gasteiger partial charge in [-0.05, 0) is 13.3 Å². The zero-order chi connectivity index (χ0) is 17.0. The van der Waals surface area contributed by atoms with Crippen molar-refractivity contribution in [1.82, 2.24) is 10.3 Å². The zero-order valence-electron chi connectivity index (χ0n) is 12.8. The third kappa shape index (κ3) is 4.50. The number of sulfone groups is 1. The molecule has 0 unspecified atom stereocenters. The van der Waals surface area contributed by atoms with Crippen LogP contribution in [0.5, 0.6) is 0 Å². The molecule has 23 heavy (non-hydrogen) atoms. The summed E-state index contributed by atoms with van der Waals surface area (Å²) in [5.41, 5.74) is 2.23. The van der Waals surface area contributed by atoms with E-state index in [1.807, 2.05) is 0 Å². The molecule has 9 nitrogen and oxygen atoms in total. The van der Waals surface area contributed by atoms with Crippen molar-refractivity contribution in [3.8, 4) is 0 Å². The van der Waals surface area contributed by atoms with Gasteiger partial charge in [-0.2, -0.15) is 5.10 Å². The van der Waals surface area contributed by atoms with Crippen LogP contribution >= 0.6 is 0 Å². The van der Waals surface area contributed by atoms with Gasteiger partial charge in [0.25, 0.3) is 5.91 Å². The summed E-state index contributed by atoms with van der Waals surface area (Å²) in [5.74, 6) is -1.47. The number of esters is 1. The van der Waals surface area contributed by atoms with Gasteiger partial charge in [0.15, 0.2) is 16.4 Å². The molecule has 0 aromatic heterocycles. The third-order valence-electron chi connectivity index (χ3n) is 3.78. The highest BCUT2D eigenvalue weighted by atomic mass is 32.2. The van der Waals surface area contributed by atoms with Crippen molar-refractivity contribution < 1.29 is 27.5 Å². The molecule has 2 rings (SSSR count). The summed E-state index contributed by atoms with van der Waals surface area (Å²) >= 11 is 0. The lowest BCUT2D eigenvalue weighted by Crippen LogP contribution is -2.43. The van der Waals surface area contributed by atoms with E-state index in [1.165, 1.54) is 4.90 Å². The first-order valence-corrected chi connectivity index (χ1v) is 9.17. The van der Waals surface area contributed by atoms with Gasteiger partial charge in [0.2, 0.25) is 5.91 Å². The molecule has 0 saturated carbocycles. The Bertz CT molecular complexity index is 642. The first-order chi connectivity index (χ1) is 10.8. The first kappa shape index (κ1) is 17.4. The number of nitrogens with zero attached hydrogens (tertiary/aromatic N) is 2. The monoisotopic (exact) mass is 345 g/mol. The number of hydrogen-bond acceptors (Lipinski definition) is 7. The highest BCUT2D eigenvalue weighted by Gasteiger charge is 2.34. The lowest BCUT2D eigenvalue weighted by Gasteiger charge is -2.26. The van der Waals surface area contributed by atoms with Gasteiger partial charge in [-0.25, -0.2) is 18.6 Å². The Labute approximate surface area is 134 Å². The molecule has 10 heteroatoms. The molecule has 0 spiro atoms. The van der Waals surface area contributed by atoms with Gasteiger partial charge >= 0.3 is 5.97 Å². The normalized spacial score (nSPS) is 22.9. The molecular weight excluding hydrogens is 326 g/mol. The Morgan fingerprint density at radius 1 is 1.39 bits per heavy atom. The fourth-order valence-corrected chi connectivity index (χ4v) is 4.30. The molecule has 0 aliphatic carbocycles. The van der Waals surface area contributed by atoms with Crippen molar-refractivity contribution in [3.05, 3.63) is 0 Å². The predicted molar refractivity (Wildman–Crippen MR) is 80.2 cm³/mol. The highest BCUT2D eigenvalue weighted by molar-refractivity contribution is 7.91. The minimum absolute atomic E-state index is 0.0563. The standard InChI is InChI=1S/C13H19N3O6S/c1-2-16(9-5-6-23(20,21)8-9)12(18)7-22-13(19)10-3-4-11(17)15-14-10/h9H,2-8H2,1H3,(H,15,17)/t9-/m0/s1. The summed E-state index contributed by atoms with van der Waals surface area (Å²) in [6, 6.07) is -0.373. The number of hydrazone groups is 1. The SMILES string of the molecule is CCN(C(=O)COC(=O)C1=NNC(=O)CC1)[C@H]1CCS(=O)(=O)C1. The maximum absolute atomic E-state index is 12.2. The van der Waals surface area contributed by atoms with Crippen LogP contribution in [0.15, 0.2) is 5.10 Å². The fourth-order valence-electron chi connectivity index (χ4n) is 2.57. The third-order valence-corrected chi connectivity index (χ3v) is 5.53. The van der Waals surface area contributed by atoms with Crippen molar-refractivity contribution >= 4 is 33.3 Å². The molecule has 1 saturated heterocycles. The fraction of sp³-hybridized carbons (Fsp3) is 0.692. The Balaban J connectivity index is 1.88. The topological polar surface area (TPSA) is 122 Å². The van der Waals surface area contributed by atoms with Crippen LogP contribution in [0.2, 0.25) is 0 Å². The van der Waals surface area contributed by atoms with Gasteiger partial charge in [0, 0.05) is 25.4 Å². The van der Waals surface area contributed by atoms with E-state index in [0.717, 1.165) is 0 Å². The molecule has 1 N–H and O–H groups in total. The average Bonchev–Trinajstić information content (AvgIpc) is 2.86. The second kappa shape index (κ2) is 7.07. The smallest absolute Gasteiger partial charge is 0.355 e. The summed E-state index contributed by atoms with van der Waals surface area (Å²) < 4.78 is 27.9. The number of likely N-dealkylation sites (N-methyl/N-ethyl adjacent to an activating group) is 1. The number of amides is 2. The molecule has 0 bridgehead atoms. The van der Waals surface area contributed by atoms with E-state index in [-0.39, 0.29) is 42.0 Å². The molecule has 2 aliphatic heterocycles. The predicted octanol–water partition coefficient (Wildman–Crippen LogP) is -1.17. The summed E-state index contributed by atoms with van der Waals surface area (Å²) in [4.78, 5) is 36.3. The summed E-state index contributed by atoms with van der Waals surface area (Å²) in [6.07, 6.45) is 0.703. The minimum Gasteiger partial charge on any atom is -0.451 e. The van der Waals surface area contributed by atoms with Crippen molar-refractivity contribution in [2.75, 3.05) is 24.7 Å². The number of nitrogens with one attached hydrogen (secondary N) is 1. The van der Waals surface area contributed by atoms with E-state index in [1.54, 1.807) is 6.92 Å². The maximum Gasteiger partial charge on any atom is 0.355 e. The lowest BCUT2D eigenvalue weighted by molar-refractivity contribution is -0.148. The molecule has 0 aromatic rings. The highest BCUT2D eigenvalue weighted by Crippen LogP contribution is 2.17. The van der Waals surface area contributed by atoms with Crippen LogP contribution in [0.25, 0.3) is 0 Å². The molecule has 2 amide bonds. The number of carbonyl (C=O) groups excluding carboxylic acids is 3. The summed E-state index contributed by atoms with van der Waals surface area (Å²) in [7, 11) is -3.10. The Hall–Kier alpha value is -1.97. The van der Waals surface area contributed by atoms with Gasteiger partial charge in [0.05, 0.1) is 11.5 Å². The Kier molecular flexibility index (Phi) is 5.34. The van der Waals surface area contributed by atoms with Crippen LogP contribution in [0.4, 0.5) is 0 Å². The number of ether oxygens (including phenoxy) is 1. The summed E-state index contributed by atoms with van der Waals surface area (Å²) in [6.45, 7) is 1.61. The van der Waals surface area contributed by atoms with Crippen LogP contribution in [0, 0.1) is 0 Å². The number of rotatable bonds is 5. The molecule has 0 radical (unpaired) electrons. The van der Waals surface area contributed by atoms with E-state index >= 15 is 0 Å². The lowest BCUT2D eigenvalue weighted by atomic mass is 10.2. The molecular formula is C13H19N3O6S. The zero-order valence-corrected chi connectivity index (χ0v) is 13.6. The van der Waals surface area contributed by atoms with Crippen molar-refractivity contribution in [2.24, 2.45) is 5.10 Å². The van der Waals surface area contributed by atoms with Crippen molar-refractivity contribution in [3.63, 3.8) is 0 Å². The minimum atomic E-state index is -3.10. The van der Waals surface area contributed by atoms with Crippen LogP contribution in [-0.2, 0) is 29.0 Å². The van der Waals surface area contributed by atoms with Gasteiger partial charge in [-0.1, -0.05) is 0 Å². The molecule has 0 aromatic carbocycles. The molecule has 2 heterocycles. The van der Waals surface area contributed by atoms with Crippen LogP contribution in [0.3, 0.4) is 0 Å². The van der Waals surface area contributed by atoms with Crippen molar-refractivity contribution in [1.29, 1.82) is 0 Å². The van der Waals surface area contributed by atoms with Crippen LogP contribution < -0.4 is 5.43 Å². The van der Waals surface area contributed by atoms with Gasteiger partial charge < -0.3 is 9.64 Å². The molecule has 2 aliphatic rings. The second-order valence-electron chi connectivity index (χ2n) is 5.41. The van der Waals surface area contributed by atoms with Gasteiger partial charge in [-0.15, -0.1) is 0 Å². The number of carbonyl (C=O) groups is 3. The summed E-state index contributed by atoms with van der Waals surface area (Å²) in [5, 5.41) is 3.59. The molecule has 1 fully saturated rings. The molecule has 128 valence electrons. The first-order valence-electron chi connectivity index (χ1n) is 7.35. The van der Waals surface area contributed by atoms with E-state index in [9.17, 15) is 22.8 Å². The van der Waals surface area contributed by atoms with Crippen LogP contribution in [-0.4, -0.2) is 67.5 Å². The van der Waals surface area contributed by atoms with Crippen LogP contribution in [0.1, 0.15) is 26.2 Å². The van der Waals surface area contributed by atoms with E-state index in [4.69, 9.17) is 4.74 Å². The number of hydrogen-bond donors (Lipinski definition) is 1. The molecule has 1 atom stereocenters. The van der Waals surface area contributed by atoms with Gasteiger partial charge in [0.1, 0.15) is 5.71 Å². The average molecular weight is 345 g/mol. The second-order valence-corrected chi connectivity index (χ2v) is 7.63. The van der Waals surface area contributed by atoms with Gasteiger partial charge in [-0.3, -0.25) is 9.59 Å². The quantitative estimate of drug-likeness (QED) is 0.627. The van der Waals surface area contributed by atoms with E-state index in [0.29, 0.717) is 13.0 Å².